The molecular weight excluding hydrogens is 356 g/mol. The number of carbonyl (C=O) groups is 1. The molecule has 27 heavy (non-hydrogen) atoms. The Balaban J connectivity index is 1.85. The molecule has 0 aromatic heterocycles. The van der Waals surface area contributed by atoms with E-state index in [0.29, 0.717) is 0 Å². The quantitative estimate of drug-likeness (QED) is 0.407. The normalized spacial score (nSPS) is 17.0. The Labute approximate surface area is 166 Å². The average molecular weight is 385 g/mol. The van der Waals surface area contributed by atoms with Crippen LogP contribution in [0.4, 0.5) is 5.69 Å². The first kappa shape index (κ1) is 19.9. The third kappa shape index (κ3) is 4.37. The number of rotatable bonds is 7. The van der Waals surface area contributed by atoms with E-state index in [4.69, 9.17) is 4.74 Å². The summed E-state index contributed by atoms with van der Waals surface area (Å²) < 4.78 is 5.42. The summed E-state index contributed by atoms with van der Waals surface area (Å²) in [6.07, 6.45) is 0.726. The predicted octanol–water partition coefficient (Wildman–Crippen LogP) is 4.17. The number of anilines is 1. The Kier molecular flexibility index (Phi) is 6.58. The predicted molar refractivity (Wildman–Crippen MR) is 113 cm³/mol. The van der Waals surface area contributed by atoms with Gasteiger partial charge in [-0.3, -0.25) is 9.69 Å². The van der Waals surface area contributed by atoms with Crippen LogP contribution in [-0.2, 0) is 4.74 Å². The lowest BCUT2D eigenvalue weighted by molar-refractivity contribution is 0.0831. The molecule has 0 saturated carbocycles. The minimum Gasteiger partial charge on any atom is -0.378 e. The number of morpholine rings is 1. The van der Waals surface area contributed by atoms with Crippen LogP contribution in [-0.4, -0.2) is 56.0 Å². The zero-order valence-corrected chi connectivity index (χ0v) is 17.2. The summed E-state index contributed by atoms with van der Waals surface area (Å²) in [6, 6.07) is 18.2. The Hall–Kier alpha value is -1.82. The lowest BCUT2D eigenvalue weighted by Gasteiger charge is -2.37. The number of nitrogens with zero attached hydrogens (tertiary/aromatic N) is 2. The highest BCUT2D eigenvalue weighted by Crippen LogP contribution is 2.40. The smallest absolute Gasteiger partial charge is 0.193 e. The maximum Gasteiger partial charge on any atom is 0.193 e. The number of hydrogen-bond donors (Lipinski definition) is 0. The molecule has 4 nitrogen and oxygen atoms in total. The second kappa shape index (κ2) is 8.91. The maximum atomic E-state index is 13.5. The largest absolute Gasteiger partial charge is 0.378 e. The summed E-state index contributed by atoms with van der Waals surface area (Å²) in [5.41, 5.74) is 1.91. The van der Waals surface area contributed by atoms with Gasteiger partial charge in [0.1, 0.15) is 4.87 Å². The van der Waals surface area contributed by atoms with Gasteiger partial charge in [-0.2, -0.15) is 0 Å². The molecule has 0 radical (unpaired) electrons. The standard InChI is InChI=1S/C22H28N2O2S/c1-4-22(23(2)3,27-20-8-6-5-7-9-20)21(25)18-10-12-19(13-11-18)24-14-16-26-17-15-24/h5-13H,4,14-17H2,1-3H3. The SMILES string of the molecule is CCC(Sc1ccccc1)(C(=O)c1ccc(N2CCOCC2)cc1)N(C)C. The van der Waals surface area contributed by atoms with Crippen LogP contribution < -0.4 is 4.90 Å². The number of carbonyl (C=O) groups excluding carboxylic acids is 1. The minimum atomic E-state index is -0.623. The molecule has 2 aromatic rings. The van der Waals surface area contributed by atoms with E-state index in [1.165, 1.54) is 0 Å². The van der Waals surface area contributed by atoms with E-state index in [9.17, 15) is 4.79 Å². The molecule has 1 saturated heterocycles. The fourth-order valence-electron chi connectivity index (χ4n) is 3.44. The molecule has 1 atom stereocenters. The van der Waals surface area contributed by atoms with Gasteiger partial charge in [-0.05, 0) is 56.9 Å². The molecule has 0 bridgehead atoms. The van der Waals surface area contributed by atoms with Crippen molar-refractivity contribution in [2.45, 2.75) is 23.1 Å². The lowest BCUT2D eigenvalue weighted by Crippen LogP contribution is -2.47. The first-order valence-electron chi connectivity index (χ1n) is 9.46. The summed E-state index contributed by atoms with van der Waals surface area (Å²) in [5.74, 6) is 0.150. The first-order valence-corrected chi connectivity index (χ1v) is 10.3. The number of thioether (sulfide) groups is 1. The Bertz CT molecular complexity index is 743. The first-order chi connectivity index (χ1) is 13.1. The van der Waals surface area contributed by atoms with E-state index in [2.05, 4.69) is 36.1 Å². The molecular formula is C22H28N2O2S. The fraction of sp³-hybridized carbons (Fsp3) is 0.409. The molecule has 1 unspecified atom stereocenters. The maximum absolute atomic E-state index is 13.5. The number of benzene rings is 2. The molecule has 0 spiro atoms. The highest BCUT2D eigenvalue weighted by Gasteiger charge is 2.40. The van der Waals surface area contributed by atoms with Crippen LogP contribution in [0, 0.1) is 0 Å². The summed E-state index contributed by atoms with van der Waals surface area (Å²) in [7, 11) is 3.97. The van der Waals surface area contributed by atoms with Gasteiger partial charge < -0.3 is 9.64 Å². The second-order valence-electron chi connectivity index (χ2n) is 6.92. The van der Waals surface area contributed by atoms with E-state index < -0.39 is 4.87 Å². The molecule has 1 aliphatic rings. The molecule has 0 N–H and O–H groups in total. The van der Waals surface area contributed by atoms with Gasteiger partial charge in [0, 0.05) is 29.2 Å². The van der Waals surface area contributed by atoms with Gasteiger partial charge in [-0.1, -0.05) is 36.9 Å². The molecule has 1 fully saturated rings. The highest BCUT2D eigenvalue weighted by atomic mass is 32.2. The van der Waals surface area contributed by atoms with E-state index in [0.717, 1.165) is 48.9 Å². The second-order valence-corrected chi connectivity index (χ2v) is 8.27. The zero-order valence-electron chi connectivity index (χ0n) is 16.4. The van der Waals surface area contributed by atoms with Crippen LogP contribution in [0.1, 0.15) is 23.7 Å². The lowest BCUT2D eigenvalue weighted by atomic mass is 10.00. The van der Waals surface area contributed by atoms with Crippen LogP contribution in [0.15, 0.2) is 59.5 Å². The summed E-state index contributed by atoms with van der Waals surface area (Å²) in [4.78, 5) is 18.4. The van der Waals surface area contributed by atoms with Crippen LogP contribution in [0.2, 0.25) is 0 Å². The number of ketones is 1. The van der Waals surface area contributed by atoms with Gasteiger partial charge in [-0.15, -0.1) is 0 Å². The molecule has 0 aliphatic carbocycles. The van der Waals surface area contributed by atoms with Crippen molar-refractivity contribution in [3.05, 3.63) is 60.2 Å². The monoisotopic (exact) mass is 384 g/mol. The van der Waals surface area contributed by atoms with Crippen molar-refractivity contribution in [3.8, 4) is 0 Å². The Morgan fingerprint density at radius 3 is 2.26 bits per heavy atom. The topological polar surface area (TPSA) is 32.8 Å². The van der Waals surface area contributed by atoms with E-state index in [1.54, 1.807) is 11.8 Å². The molecule has 3 rings (SSSR count). The fourth-order valence-corrected chi connectivity index (χ4v) is 4.66. The number of likely N-dealkylation sites (N-methyl/N-ethyl adjacent to an activating group) is 1. The van der Waals surface area contributed by atoms with Gasteiger partial charge in [0.25, 0.3) is 0 Å². The molecule has 1 heterocycles. The summed E-state index contributed by atoms with van der Waals surface area (Å²) in [5, 5.41) is 0. The van der Waals surface area contributed by atoms with E-state index in [1.807, 2.05) is 49.3 Å². The molecule has 5 heteroatoms. The highest BCUT2D eigenvalue weighted by molar-refractivity contribution is 8.01. The van der Waals surface area contributed by atoms with Gasteiger partial charge >= 0.3 is 0 Å². The third-order valence-electron chi connectivity index (χ3n) is 5.09. The summed E-state index contributed by atoms with van der Waals surface area (Å²) >= 11 is 1.63. The third-order valence-corrected chi connectivity index (χ3v) is 6.78. The van der Waals surface area contributed by atoms with Crippen molar-refractivity contribution in [3.63, 3.8) is 0 Å². The zero-order chi connectivity index (χ0) is 19.3. The van der Waals surface area contributed by atoms with Crippen molar-refractivity contribution < 1.29 is 9.53 Å². The van der Waals surface area contributed by atoms with Crippen LogP contribution in [0.3, 0.4) is 0 Å². The number of Topliss-reactive ketones (excluding diaryl/α,β-unsaturated/α-hetero) is 1. The molecule has 144 valence electrons. The molecule has 2 aromatic carbocycles. The number of ether oxygens (including phenoxy) is 1. The van der Waals surface area contributed by atoms with Crippen LogP contribution in [0.25, 0.3) is 0 Å². The van der Waals surface area contributed by atoms with Gasteiger partial charge in [0.15, 0.2) is 5.78 Å². The van der Waals surface area contributed by atoms with Crippen molar-refractivity contribution >= 4 is 23.2 Å². The molecule has 1 aliphatic heterocycles. The van der Waals surface area contributed by atoms with E-state index in [-0.39, 0.29) is 5.78 Å². The average Bonchev–Trinajstić information content (AvgIpc) is 2.73. The van der Waals surface area contributed by atoms with Gasteiger partial charge in [0.05, 0.1) is 13.2 Å². The van der Waals surface area contributed by atoms with Gasteiger partial charge in [-0.25, -0.2) is 0 Å². The van der Waals surface area contributed by atoms with Gasteiger partial charge in [0.2, 0.25) is 0 Å². The van der Waals surface area contributed by atoms with Crippen molar-refractivity contribution in [1.82, 2.24) is 4.90 Å². The Morgan fingerprint density at radius 1 is 1.07 bits per heavy atom. The molecule has 0 amide bonds. The number of hydrogen-bond acceptors (Lipinski definition) is 5. The van der Waals surface area contributed by atoms with Crippen molar-refractivity contribution in [2.75, 3.05) is 45.3 Å². The van der Waals surface area contributed by atoms with E-state index >= 15 is 0 Å². The van der Waals surface area contributed by atoms with Crippen molar-refractivity contribution in [2.24, 2.45) is 0 Å². The minimum absolute atomic E-state index is 0.150. The Morgan fingerprint density at radius 2 is 1.70 bits per heavy atom. The van der Waals surface area contributed by atoms with Crippen LogP contribution in [0.5, 0.6) is 0 Å². The van der Waals surface area contributed by atoms with Crippen LogP contribution >= 0.6 is 11.8 Å². The summed E-state index contributed by atoms with van der Waals surface area (Å²) in [6.45, 7) is 5.39. The van der Waals surface area contributed by atoms with Crippen molar-refractivity contribution in [1.29, 1.82) is 0 Å².